The highest BCUT2D eigenvalue weighted by Crippen LogP contribution is 2.38. The summed E-state index contributed by atoms with van der Waals surface area (Å²) < 4.78 is 5.32. The van der Waals surface area contributed by atoms with Gasteiger partial charge in [-0.05, 0) is 42.2 Å². The first-order chi connectivity index (χ1) is 12.2. The van der Waals surface area contributed by atoms with Crippen LogP contribution in [0.1, 0.15) is 33.3 Å². The molecule has 0 aliphatic heterocycles. The molecule has 0 radical (unpaired) electrons. The topological polar surface area (TPSA) is 77.2 Å². The van der Waals surface area contributed by atoms with E-state index in [0.717, 1.165) is 5.56 Å². The number of benzene rings is 2. The molecule has 1 aromatic heterocycles. The Morgan fingerprint density at radius 1 is 1.15 bits per heavy atom. The summed E-state index contributed by atoms with van der Waals surface area (Å²) in [6, 6.07) is 10.9. The van der Waals surface area contributed by atoms with E-state index in [2.05, 4.69) is 16.8 Å². The highest BCUT2D eigenvalue weighted by atomic mass is 16.5. The molecule has 26 heavy (non-hydrogen) atoms. The molecule has 134 valence electrons. The van der Waals surface area contributed by atoms with E-state index in [4.69, 9.17) is 4.74 Å². The van der Waals surface area contributed by atoms with Crippen molar-refractivity contribution in [3.8, 4) is 17.2 Å². The minimum absolute atomic E-state index is 0.0572. The molecule has 0 bridgehead atoms. The third-order valence-corrected chi connectivity index (χ3v) is 3.97. The zero-order chi connectivity index (χ0) is 19.1. The summed E-state index contributed by atoms with van der Waals surface area (Å²) in [4.78, 5) is 13.3. The molecule has 0 spiro atoms. The number of ether oxygens (including phenoxy) is 1. The lowest BCUT2D eigenvalue weighted by Gasteiger charge is -2.21. The van der Waals surface area contributed by atoms with Crippen LogP contribution in [0.2, 0.25) is 0 Å². The number of aromatic hydroxyl groups is 1. The van der Waals surface area contributed by atoms with Gasteiger partial charge in [0, 0.05) is 5.57 Å². The summed E-state index contributed by atoms with van der Waals surface area (Å²) in [6.07, 6.45) is 0. The van der Waals surface area contributed by atoms with Crippen LogP contribution in [0.4, 0.5) is 0 Å². The summed E-state index contributed by atoms with van der Waals surface area (Å²) in [5, 5.41) is 19.5. The van der Waals surface area contributed by atoms with Crippen LogP contribution >= 0.6 is 0 Å². The van der Waals surface area contributed by atoms with Gasteiger partial charge in [0.25, 0.3) is 0 Å². The van der Waals surface area contributed by atoms with Crippen LogP contribution in [0.5, 0.6) is 11.5 Å². The summed E-state index contributed by atoms with van der Waals surface area (Å²) in [5.41, 5.74) is 2.63. The van der Waals surface area contributed by atoms with E-state index >= 15 is 0 Å². The van der Waals surface area contributed by atoms with Crippen LogP contribution in [-0.2, 0) is 10.2 Å². The molecule has 0 saturated carbocycles. The van der Waals surface area contributed by atoms with Gasteiger partial charge in [-0.2, -0.15) is 0 Å². The molecule has 0 aliphatic rings. The standard InChI is InChI=1S/C20H21N3O3/c1-12(2)19(25)26-17-11-13(20(3,4)5)10-16(18(17)24)23-21-14-8-6-7-9-15(14)22-23/h6-11,24H,1H2,2-5H3. The minimum atomic E-state index is -0.601. The van der Waals surface area contributed by atoms with Gasteiger partial charge >= 0.3 is 5.97 Å². The molecule has 1 N–H and O–H groups in total. The van der Waals surface area contributed by atoms with Crippen molar-refractivity contribution in [1.82, 2.24) is 15.0 Å². The Balaban J connectivity index is 2.19. The average Bonchev–Trinajstić information content (AvgIpc) is 2.99. The van der Waals surface area contributed by atoms with Gasteiger partial charge in [0.05, 0.1) is 0 Å². The van der Waals surface area contributed by atoms with Crippen molar-refractivity contribution in [2.45, 2.75) is 33.1 Å². The molecule has 0 aliphatic carbocycles. The minimum Gasteiger partial charge on any atom is -0.503 e. The van der Waals surface area contributed by atoms with Crippen LogP contribution in [0.15, 0.2) is 48.6 Å². The van der Waals surface area contributed by atoms with Crippen LogP contribution < -0.4 is 4.74 Å². The zero-order valence-electron chi connectivity index (χ0n) is 15.3. The Labute approximate surface area is 151 Å². The molecule has 0 atom stereocenters. The van der Waals surface area contributed by atoms with Crippen LogP contribution in [-0.4, -0.2) is 26.1 Å². The van der Waals surface area contributed by atoms with Gasteiger partial charge in [0.2, 0.25) is 0 Å². The van der Waals surface area contributed by atoms with E-state index in [1.807, 2.05) is 45.0 Å². The number of esters is 1. The molecule has 0 amide bonds. The molecule has 0 saturated heterocycles. The highest BCUT2D eigenvalue weighted by Gasteiger charge is 2.23. The van der Waals surface area contributed by atoms with Crippen molar-refractivity contribution in [1.29, 1.82) is 0 Å². The first kappa shape index (κ1) is 17.7. The Hall–Kier alpha value is -3.15. The van der Waals surface area contributed by atoms with Gasteiger partial charge < -0.3 is 9.84 Å². The molecule has 0 fully saturated rings. The molecular weight excluding hydrogens is 330 g/mol. The molecule has 2 aromatic carbocycles. The third kappa shape index (κ3) is 3.31. The molecule has 3 rings (SSSR count). The summed E-state index contributed by atoms with van der Waals surface area (Å²) in [6.45, 7) is 11.2. The van der Waals surface area contributed by atoms with Gasteiger partial charge in [-0.15, -0.1) is 15.0 Å². The Morgan fingerprint density at radius 3 is 2.23 bits per heavy atom. The lowest BCUT2D eigenvalue weighted by Crippen LogP contribution is -2.15. The third-order valence-electron chi connectivity index (χ3n) is 3.97. The number of phenols is 1. The second-order valence-electron chi connectivity index (χ2n) is 7.24. The van der Waals surface area contributed by atoms with E-state index in [-0.39, 0.29) is 22.5 Å². The van der Waals surface area contributed by atoms with E-state index < -0.39 is 5.97 Å². The zero-order valence-corrected chi connectivity index (χ0v) is 15.3. The second kappa shape index (κ2) is 6.29. The summed E-state index contributed by atoms with van der Waals surface area (Å²) in [5.74, 6) is -0.745. The maximum Gasteiger partial charge on any atom is 0.338 e. The predicted molar refractivity (Wildman–Crippen MR) is 99.7 cm³/mol. The van der Waals surface area contributed by atoms with Gasteiger partial charge in [0.15, 0.2) is 11.5 Å². The fraction of sp³-hybridized carbons (Fsp3) is 0.250. The summed E-state index contributed by atoms with van der Waals surface area (Å²) in [7, 11) is 0. The molecule has 3 aromatic rings. The van der Waals surface area contributed by atoms with Crippen molar-refractivity contribution in [2.24, 2.45) is 0 Å². The van der Waals surface area contributed by atoms with Crippen molar-refractivity contribution in [2.75, 3.05) is 0 Å². The van der Waals surface area contributed by atoms with Crippen molar-refractivity contribution in [3.05, 3.63) is 54.1 Å². The molecular formula is C20H21N3O3. The normalized spacial score (nSPS) is 11.5. The van der Waals surface area contributed by atoms with E-state index in [0.29, 0.717) is 16.7 Å². The first-order valence-electron chi connectivity index (χ1n) is 8.24. The monoisotopic (exact) mass is 351 g/mol. The van der Waals surface area contributed by atoms with Crippen LogP contribution in [0.3, 0.4) is 0 Å². The van der Waals surface area contributed by atoms with Crippen molar-refractivity contribution >= 4 is 17.0 Å². The number of carbonyl (C=O) groups excluding carboxylic acids is 1. The quantitative estimate of drug-likeness (QED) is 0.440. The molecule has 0 unspecified atom stereocenters. The Morgan fingerprint density at radius 2 is 1.73 bits per heavy atom. The predicted octanol–water partition coefficient (Wildman–Crippen LogP) is 3.91. The van der Waals surface area contributed by atoms with Gasteiger partial charge in [-0.3, -0.25) is 0 Å². The van der Waals surface area contributed by atoms with E-state index in [1.54, 1.807) is 19.1 Å². The number of carbonyl (C=O) groups is 1. The fourth-order valence-electron chi connectivity index (χ4n) is 2.41. The Kier molecular flexibility index (Phi) is 4.28. The fourth-order valence-corrected chi connectivity index (χ4v) is 2.41. The van der Waals surface area contributed by atoms with Crippen molar-refractivity contribution in [3.63, 3.8) is 0 Å². The smallest absolute Gasteiger partial charge is 0.338 e. The number of aromatic nitrogens is 3. The lowest BCUT2D eigenvalue weighted by molar-refractivity contribution is -0.130. The van der Waals surface area contributed by atoms with E-state index in [1.165, 1.54) is 4.80 Å². The molecule has 1 heterocycles. The Bertz CT molecular complexity index is 980. The largest absolute Gasteiger partial charge is 0.503 e. The first-order valence-corrected chi connectivity index (χ1v) is 8.24. The lowest BCUT2D eigenvalue weighted by atomic mass is 9.86. The van der Waals surface area contributed by atoms with E-state index in [9.17, 15) is 9.90 Å². The van der Waals surface area contributed by atoms with Gasteiger partial charge in [0.1, 0.15) is 16.7 Å². The van der Waals surface area contributed by atoms with Gasteiger partial charge in [-0.1, -0.05) is 39.5 Å². The molecule has 6 nitrogen and oxygen atoms in total. The second-order valence-corrected chi connectivity index (χ2v) is 7.24. The average molecular weight is 351 g/mol. The SMILES string of the molecule is C=C(C)C(=O)Oc1cc(C(C)(C)C)cc(-n2nc3ccccc3n2)c1O. The number of fused-ring (bicyclic) bond motifs is 1. The van der Waals surface area contributed by atoms with Crippen LogP contribution in [0, 0.1) is 0 Å². The van der Waals surface area contributed by atoms with Gasteiger partial charge in [-0.25, -0.2) is 4.79 Å². The highest BCUT2D eigenvalue weighted by molar-refractivity contribution is 5.89. The number of hydrogen-bond donors (Lipinski definition) is 1. The number of phenolic OH excluding ortho intramolecular Hbond substituents is 1. The summed E-state index contributed by atoms with van der Waals surface area (Å²) >= 11 is 0. The molecule has 6 heteroatoms. The number of nitrogens with zero attached hydrogens (tertiary/aromatic N) is 3. The maximum atomic E-state index is 11.9. The number of rotatable bonds is 3. The number of hydrogen-bond acceptors (Lipinski definition) is 5. The maximum absolute atomic E-state index is 11.9. The van der Waals surface area contributed by atoms with Crippen molar-refractivity contribution < 1.29 is 14.6 Å². The van der Waals surface area contributed by atoms with Crippen LogP contribution in [0.25, 0.3) is 16.7 Å².